The highest BCUT2D eigenvalue weighted by molar-refractivity contribution is 6.36. The summed E-state index contributed by atoms with van der Waals surface area (Å²) in [7, 11) is 1.49. The lowest BCUT2D eigenvalue weighted by Crippen LogP contribution is -2.18. The van der Waals surface area contributed by atoms with E-state index in [9.17, 15) is 9.59 Å². The summed E-state index contributed by atoms with van der Waals surface area (Å²) in [6.07, 6.45) is 0. The van der Waals surface area contributed by atoms with Gasteiger partial charge in [-0.25, -0.2) is 0 Å². The van der Waals surface area contributed by atoms with Crippen LogP contribution in [-0.2, 0) is 4.79 Å². The summed E-state index contributed by atoms with van der Waals surface area (Å²) < 4.78 is 11.0. The summed E-state index contributed by atoms with van der Waals surface area (Å²) in [6, 6.07) is 13.2. The molecule has 1 heterocycles. The molecule has 3 aromatic rings. The Kier molecular flexibility index (Phi) is 6.70. The molecule has 0 fully saturated rings. The first-order valence-corrected chi connectivity index (χ1v) is 9.89. The fourth-order valence-electron chi connectivity index (χ4n) is 2.64. The number of benzene rings is 2. The molecule has 0 saturated carbocycles. The number of ether oxygens (including phenoxy) is 1. The maximum atomic E-state index is 12.6. The van der Waals surface area contributed by atoms with Gasteiger partial charge in [-0.05, 0) is 42.5 Å². The maximum Gasteiger partial charge on any atom is 0.291 e. The Labute approximate surface area is 184 Å². The fourth-order valence-corrected chi connectivity index (χ4v) is 3.14. The monoisotopic (exact) mass is 446 g/mol. The fraction of sp³-hybridized carbons (Fsp3) is 0.182. The van der Waals surface area contributed by atoms with Gasteiger partial charge in [0.2, 0.25) is 5.91 Å². The van der Waals surface area contributed by atoms with Gasteiger partial charge in [0, 0.05) is 28.3 Å². The molecule has 3 rings (SSSR count). The van der Waals surface area contributed by atoms with Gasteiger partial charge in [-0.15, -0.1) is 0 Å². The summed E-state index contributed by atoms with van der Waals surface area (Å²) >= 11 is 12.1. The van der Waals surface area contributed by atoms with Gasteiger partial charge in [0.25, 0.3) is 5.91 Å². The highest BCUT2D eigenvalue weighted by atomic mass is 35.5. The summed E-state index contributed by atoms with van der Waals surface area (Å²) in [5.74, 6) is 0.256. The Bertz CT molecular complexity index is 1090. The first kappa shape index (κ1) is 21.7. The van der Waals surface area contributed by atoms with E-state index in [4.69, 9.17) is 32.4 Å². The van der Waals surface area contributed by atoms with Crippen LogP contribution >= 0.6 is 23.2 Å². The zero-order chi connectivity index (χ0) is 21.8. The highest BCUT2D eigenvalue weighted by Gasteiger charge is 2.16. The lowest BCUT2D eigenvalue weighted by Gasteiger charge is -2.13. The SMILES string of the molecule is COc1cc(NC(=O)c2ccc(-c3ccc(Cl)cc3Cl)o2)ccc1NC(=O)C(C)C. The van der Waals surface area contributed by atoms with E-state index in [1.54, 1.807) is 62.4 Å². The predicted molar refractivity (Wildman–Crippen MR) is 119 cm³/mol. The molecular weight excluding hydrogens is 427 g/mol. The standard InChI is InChI=1S/C22H20Cl2N2O4/c1-12(2)21(27)26-17-7-5-14(11-20(17)29-3)25-22(28)19-9-8-18(30-19)15-6-4-13(23)10-16(15)24/h4-12H,1-3H3,(H,25,28)(H,26,27). The van der Waals surface area contributed by atoms with Crippen molar-refractivity contribution in [1.29, 1.82) is 0 Å². The van der Waals surface area contributed by atoms with Crippen LogP contribution in [0.15, 0.2) is 52.9 Å². The molecule has 2 amide bonds. The van der Waals surface area contributed by atoms with Gasteiger partial charge in [0.15, 0.2) is 5.76 Å². The number of hydrogen-bond acceptors (Lipinski definition) is 4. The van der Waals surface area contributed by atoms with Gasteiger partial charge in [-0.2, -0.15) is 0 Å². The first-order valence-electron chi connectivity index (χ1n) is 9.14. The normalized spacial score (nSPS) is 10.7. The third-order valence-electron chi connectivity index (χ3n) is 4.27. The van der Waals surface area contributed by atoms with Gasteiger partial charge in [0.1, 0.15) is 11.5 Å². The third-order valence-corrected chi connectivity index (χ3v) is 4.82. The lowest BCUT2D eigenvalue weighted by molar-refractivity contribution is -0.118. The molecule has 2 aromatic carbocycles. The first-order chi connectivity index (χ1) is 14.3. The van der Waals surface area contributed by atoms with E-state index in [0.29, 0.717) is 38.5 Å². The maximum absolute atomic E-state index is 12.6. The highest BCUT2D eigenvalue weighted by Crippen LogP contribution is 2.32. The molecule has 0 unspecified atom stereocenters. The smallest absolute Gasteiger partial charge is 0.291 e. The van der Waals surface area contributed by atoms with Gasteiger partial charge in [-0.1, -0.05) is 37.0 Å². The second-order valence-corrected chi connectivity index (χ2v) is 7.64. The van der Waals surface area contributed by atoms with Crippen molar-refractivity contribution in [3.63, 3.8) is 0 Å². The topological polar surface area (TPSA) is 80.6 Å². The van der Waals surface area contributed by atoms with Crippen LogP contribution in [0.3, 0.4) is 0 Å². The van der Waals surface area contributed by atoms with E-state index >= 15 is 0 Å². The van der Waals surface area contributed by atoms with Crippen molar-refractivity contribution in [1.82, 2.24) is 0 Å². The Morgan fingerprint density at radius 2 is 1.77 bits per heavy atom. The molecule has 156 valence electrons. The second-order valence-electron chi connectivity index (χ2n) is 6.80. The van der Waals surface area contributed by atoms with E-state index in [0.717, 1.165) is 0 Å². The lowest BCUT2D eigenvalue weighted by atomic mass is 10.2. The molecule has 0 radical (unpaired) electrons. The number of carbonyl (C=O) groups excluding carboxylic acids is 2. The summed E-state index contributed by atoms with van der Waals surface area (Å²) in [5.41, 5.74) is 1.64. The van der Waals surface area contributed by atoms with E-state index in [2.05, 4.69) is 10.6 Å². The van der Waals surface area contributed by atoms with Crippen molar-refractivity contribution >= 4 is 46.4 Å². The predicted octanol–water partition coefficient (Wildman–Crippen LogP) is 6.11. The van der Waals surface area contributed by atoms with Crippen LogP contribution in [-0.4, -0.2) is 18.9 Å². The second kappa shape index (κ2) is 9.24. The van der Waals surface area contributed by atoms with E-state index in [1.165, 1.54) is 7.11 Å². The third kappa shape index (κ3) is 4.96. The minimum Gasteiger partial charge on any atom is -0.494 e. The summed E-state index contributed by atoms with van der Waals surface area (Å²) in [4.78, 5) is 24.5. The number of furan rings is 1. The average Bonchev–Trinajstić information content (AvgIpc) is 3.19. The van der Waals surface area contributed by atoms with Crippen molar-refractivity contribution in [2.45, 2.75) is 13.8 Å². The molecule has 0 saturated heterocycles. The molecule has 30 heavy (non-hydrogen) atoms. The molecular formula is C22H20Cl2N2O4. The van der Waals surface area contributed by atoms with E-state index in [-0.39, 0.29) is 17.6 Å². The molecule has 2 N–H and O–H groups in total. The van der Waals surface area contributed by atoms with Gasteiger partial charge in [0.05, 0.1) is 17.8 Å². The van der Waals surface area contributed by atoms with Gasteiger partial charge in [-0.3, -0.25) is 9.59 Å². The minimum absolute atomic E-state index is 0.118. The van der Waals surface area contributed by atoms with Crippen molar-refractivity contribution in [3.8, 4) is 17.1 Å². The van der Waals surface area contributed by atoms with Crippen LogP contribution in [0.2, 0.25) is 10.0 Å². The van der Waals surface area contributed by atoms with Crippen molar-refractivity contribution in [2.24, 2.45) is 5.92 Å². The number of rotatable bonds is 6. The molecule has 0 spiro atoms. The summed E-state index contributed by atoms with van der Waals surface area (Å²) in [5, 5.41) is 6.47. The van der Waals surface area contributed by atoms with Crippen molar-refractivity contribution in [2.75, 3.05) is 17.7 Å². The number of nitrogens with one attached hydrogen (secondary N) is 2. The Balaban J connectivity index is 1.76. The number of anilines is 2. The molecule has 0 atom stereocenters. The molecule has 0 aliphatic rings. The zero-order valence-corrected chi connectivity index (χ0v) is 18.1. The van der Waals surface area contributed by atoms with E-state index in [1.807, 2.05) is 0 Å². The molecule has 8 heteroatoms. The van der Waals surface area contributed by atoms with Crippen LogP contribution in [0, 0.1) is 5.92 Å². The van der Waals surface area contributed by atoms with Crippen molar-refractivity contribution < 1.29 is 18.7 Å². The number of carbonyl (C=O) groups is 2. The summed E-state index contributed by atoms with van der Waals surface area (Å²) in [6.45, 7) is 3.59. The van der Waals surface area contributed by atoms with Crippen LogP contribution < -0.4 is 15.4 Å². The molecule has 0 aliphatic carbocycles. The van der Waals surface area contributed by atoms with Crippen LogP contribution in [0.5, 0.6) is 5.75 Å². The van der Waals surface area contributed by atoms with Crippen LogP contribution in [0.25, 0.3) is 11.3 Å². The van der Waals surface area contributed by atoms with Gasteiger partial charge >= 0.3 is 0 Å². The van der Waals surface area contributed by atoms with E-state index < -0.39 is 5.91 Å². The minimum atomic E-state index is -0.438. The number of amides is 2. The molecule has 0 bridgehead atoms. The molecule has 0 aliphatic heterocycles. The Morgan fingerprint density at radius 1 is 1.00 bits per heavy atom. The molecule has 6 nitrogen and oxygen atoms in total. The average molecular weight is 447 g/mol. The number of halogens is 2. The number of hydrogen-bond donors (Lipinski definition) is 2. The zero-order valence-electron chi connectivity index (χ0n) is 16.6. The quantitative estimate of drug-likeness (QED) is 0.478. The van der Waals surface area contributed by atoms with Crippen LogP contribution in [0.4, 0.5) is 11.4 Å². The Hall–Kier alpha value is -2.96. The molecule has 1 aromatic heterocycles. The number of methoxy groups -OCH3 is 1. The largest absolute Gasteiger partial charge is 0.494 e. The Morgan fingerprint density at radius 3 is 2.43 bits per heavy atom. The van der Waals surface area contributed by atoms with Crippen molar-refractivity contribution in [3.05, 3.63) is 64.3 Å². The van der Waals surface area contributed by atoms with Crippen LogP contribution in [0.1, 0.15) is 24.4 Å². The van der Waals surface area contributed by atoms with Gasteiger partial charge < -0.3 is 19.8 Å².